The molecule has 0 aromatic carbocycles. The molecule has 0 saturated heterocycles. The van der Waals surface area contributed by atoms with E-state index in [9.17, 15) is 19.2 Å². The third kappa shape index (κ3) is 9.38. The second-order valence-electron chi connectivity index (χ2n) is 4.53. The maximum atomic E-state index is 11.8. The molecule has 0 aromatic rings. The van der Waals surface area contributed by atoms with Gasteiger partial charge >= 0.3 is 11.9 Å². The number of amides is 2. The van der Waals surface area contributed by atoms with Gasteiger partial charge in [-0.3, -0.25) is 24.1 Å². The lowest BCUT2D eigenvalue weighted by atomic mass is 10.4. The first-order valence-electron chi connectivity index (χ1n) is 6.42. The number of carboxylic acid groups (broad SMARTS) is 2. The lowest BCUT2D eigenvalue weighted by molar-refractivity contribution is -0.144. The zero-order valence-electron chi connectivity index (χ0n) is 12.2. The standard InChI is InChI=1S/C12H21N3O6/c1-3-4-13-9(16)5-14(2)10(17)6-15(7-11(18)19)8-12(20)21/h3-8H2,1-2H3,(H,13,16)(H,18,19)(H,20,21). The molecule has 0 aromatic heterocycles. The van der Waals surface area contributed by atoms with Crippen molar-refractivity contribution in [1.29, 1.82) is 0 Å². The Morgan fingerprint density at radius 3 is 1.90 bits per heavy atom. The molecular formula is C12H21N3O6. The Morgan fingerprint density at radius 2 is 1.48 bits per heavy atom. The molecule has 0 unspecified atom stereocenters. The summed E-state index contributed by atoms with van der Waals surface area (Å²) < 4.78 is 0. The Labute approximate surface area is 122 Å². The summed E-state index contributed by atoms with van der Waals surface area (Å²) >= 11 is 0. The summed E-state index contributed by atoms with van der Waals surface area (Å²) in [5.41, 5.74) is 0. The highest BCUT2D eigenvalue weighted by atomic mass is 16.4. The summed E-state index contributed by atoms with van der Waals surface area (Å²) in [6.07, 6.45) is 0.772. The summed E-state index contributed by atoms with van der Waals surface area (Å²) in [4.78, 5) is 46.6. The van der Waals surface area contributed by atoms with Crippen molar-refractivity contribution < 1.29 is 29.4 Å². The maximum Gasteiger partial charge on any atom is 0.317 e. The van der Waals surface area contributed by atoms with Crippen LogP contribution in [0.4, 0.5) is 0 Å². The Morgan fingerprint density at radius 1 is 0.952 bits per heavy atom. The van der Waals surface area contributed by atoms with Gasteiger partial charge < -0.3 is 20.4 Å². The summed E-state index contributed by atoms with van der Waals surface area (Å²) in [5, 5.41) is 19.9. The van der Waals surface area contributed by atoms with Gasteiger partial charge in [0, 0.05) is 13.6 Å². The van der Waals surface area contributed by atoms with Crippen molar-refractivity contribution in [1.82, 2.24) is 15.1 Å². The lowest BCUT2D eigenvalue weighted by Crippen LogP contribution is -2.45. The Kier molecular flexibility index (Phi) is 8.70. The number of nitrogens with one attached hydrogen (secondary N) is 1. The Hall–Kier alpha value is -2.16. The SMILES string of the molecule is CCCNC(=O)CN(C)C(=O)CN(CC(=O)O)CC(=O)O. The van der Waals surface area contributed by atoms with Gasteiger partial charge in [0.05, 0.1) is 26.2 Å². The molecule has 0 fully saturated rings. The minimum Gasteiger partial charge on any atom is -0.480 e. The first kappa shape index (κ1) is 18.8. The van der Waals surface area contributed by atoms with E-state index in [1.54, 1.807) is 0 Å². The third-order valence-electron chi connectivity index (χ3n) is 2.46. The summed E-state index contributed by atoms with van der Waals surface area (Å²) in [5.74, 6) is -3.31. The van der Waals surface area contributed by atoms with Crippen molar-refractivity contribution in [3.8, 4) is 0 Å². The average molecular weight is 303 g/mol. The highest BCUT2D eigenvalue weighted by Crippen LogP contribution is 1.93. The minimum atomic E-state index is -1.23. The Balaban J connectivity index is 4.41. The summed E-state index contributed by atoms with van der Waals surface area (Å²) in [6, 6.07) is 0. The molecule has 0 aliphatic rings. The lowest BCUT2D eigenvalue weighted by Gasteiger charge is -2.22. The van der Waals surface area contributed by atoms with E-state index in [1.165, 1.54) is 7.05 Å². The van der Waals surface area contributed by atoms with Crippen molar-refractivity contribution in [3.05, 3.63) is 0 Å². The van der Waals surface area contributed by atoms with Crippen LogP contribution in [0.3, 0.4) is 0 Å². The van der Waals surface area contributed by atoms with Gasteiger partial charge in [-0.2, -0.15) is 0 Å². The first-order chi connectivity index (χ1) is 9.76. The predicted octanol–water partition coefficient (Wildman–Crippen LogP) is -1.56. The van der Waals surface area contributed by atoms with Crippen LogP contribution in [0.25, 0.3) is 0 Å². The number of aliphatic carboxylic acids is 2. The van der Waals surface area contributed by atoms with Gasteiger partial charge in [0.25, 0.3) is 0 Å². The number of rotatable bonds is 10. The van der Waals surface area contributed by atoms with E-state index in [0.717, 1.165) is 16.2 Å². The fraction of sp³-hybridized carbons (Fsp3) is 0.667. The van der Waals surface area contributed by atoms with E-state index in [0.29, 0.717) is 6.54 Å². The molecule has 0 heterocycles. The molecule has 0 atom stereocenters. The molecule has 2 amide bonds. The molecule has 0 aliphatic carbocycles. The molecule has 120 valence electrons. The normalized spacial score (nSPS) is 10.2. The number of carbonyl (C=O) groups excluding carboxylic acids is 2. The fourth-order valence-electron chi connectivity index (χ4n) is 1.49. The van der Waals surface area contributed by atoms with Crippen LogP contribution in [0.15, 0.2) is 0 Å². The average Bonchev–Trinajstić information content (AvgIpc) is 2.34. The van der Waals surface area contributed by atoms with Gasteiger partial charge in [-0.05, 0) is 6.42 Å². The molecule has 9 heteroatoms. The molecule has 3 N–H and O–H groups in total. The smallest absolute Gasteiger partial charge is 0.317 e. The van der Waals surface area contributed by atoms with Crippen molar-refractivity contribution >= 4 is 23.8 Å². The number of nitrogens with zero attached hydrogens (tertiary/aromatic N) is 2. The second kappa shape index (κ2) is 9.70. The zero-order valence-corrected chi connectivity index (χ0v) is 12.2. The first-order valence-corrected chi connectivity index (χ1v) is 6.42. The zero-order chi connectivity index (χ0) is 16.4. The van der Waals surface area contributed by atoms with Crippen LogP contribution in [0.1, 0.15) is 13.3 Å². The number of carbonyl (C=O) groups is 4. The van der Waals surface area contributed by atoms with Crippen LogP contribution < -0.4 is 5.32 Å². The number of hydrogen-bond donors (Lipinski definition) is 3. The van der Waals surface area contributed by atoms with E-state index in [1.807, 2.05) is 6.92 Å². The molecule has 0 rings (SSSR count). The predicted molar refractivity (Wildman–Crippen MR) is 72.6 cm³/mol. The molecule has 0 radical (unpaired) electrons. The van der Waals surface area contributed by atoms with E-state index >= 15 is 0 Å². The summed E-state index contributed by atoms with van der Waals surface area (Å²) in [7, 11) is 1.40. The number of likely N-dealkylation sites (N-methyl/N-ethyl adjacent to an activating group) is 1. The van der Waals surface area contributed by atoms with Gasteiger partial charge in [0.2, 0.25) is 11.8 Å². The monoisotopic (exact) mass is 303 g/mol. The maximum absolute atomic E-state index is 11.8. The van der Waals surface area contributed by atoms with Crippen LogP contribution >= 0.6 is 0 Å². The quantitative estimate of drug-likeness (QED) is 0.445. The van der Waals surface area contributed by atoms with Crippen molar-refractivity contribution in [2.75, 3.05) is 39.8 Å². The van der Waals surface area contributed by atoms with Crippen LogP contribution in [0.2, 0.25) is 0 Å². The highest BCUT2D eigenvalue weighted by molar-refractivity contribution is 5.86. The van der Waals surface area contributed by atoms with E-state index < -0.39 is 30.9 Å². The van der Waals surface area contributed by atoms with Gasteiger partial charge in [0.1, 0.15) is 0 Å². The largest absolute Gasteiger partial charge is 0.480 e. The highest BCUT2D eigenvalue weighted by Gasteiger charge is 2.20. The van der Waals surface area contributed by atoms with Crippen molar-refractivity contribution in [2.45, 2.75) is 13.3 Å². The van der Waals surface area contributed by atoms with E-state index in [2.05, 4.69) is 5.32 Å². The molecule has 0 aliphatic heterocycles. The van der Waals surface area contributed by atoms with Crippen LogP contribution in [-0.4, -0.2) is 83.5 Å². The Bertz CT molecular complexity index is 382. The number of carboxylic acids is 2. The van der Waals surface area contributed by atoms with E-state index in [-0.39, 0.29) is 19.0 Å². The van der Waals surface area contributed by atoms with Crippen LogP contribution in [-0.2, 0) is 19.2 Å². The molecule has 0 spiro atoms. The van der Waals surface area contributed by atoms with Crippen molar-refractivity contribution in [3.63, 3.8) is 0 Å². The van der Waals surface area contributed by atoms with Gasteiger partial charge in [0.15, 0.2) is 0 Å². The molecule has 9 nitrogen and oxygen atoms in total. The molecule has 0 bridgehead atoms. The fourth-order valence-corrected chi connectivity index (χ4v) is 1.49. The van der Waals surface area contributed by atoms with Gasteiger partial charge in [-0.25, -0.2) is 0 Å². The molecular weight excluding hydrogens is 282 g/mol. The van der Waals surface area contributed by atoms with Crippen LogP contribution in [0, 0.1) is 0 Å². The third-order valence-corrected chi connectivity index (χ3v) is 2.46. The van der Waals surface area contributed by atoms with E-state index in [4.69, 9.17) is 10.2 Å². The molecule has 21 heavy (non-hydrogen) atoms. The number of hydrogen-bond acceptors (Lipinski definition) is 5. The summed E-state index contributed by atoms with van der Waals surface area (Å²) in [6.45, 7) is 0.737. The second-order valence-corrected chi connectivity index (χ2v) is 4.53. The topological polar surface area (TPSA) is 127 Å². The minimum absolute atomic E-state index is 0.160. The molecule has 0 saturated carbocycles. The van der Waals surface area contributed by atoms with Gasteiger partial charge in [-0.1, -0.05) is 6.92 Å². The van der Waals surface area contributed by atoms with Crippen molar-refractivity contribution in [2.24, 2.45) is 0 Å². The van der Waals surface area contributed by atoms with Crippen LogP contribution in [0.5, 0.6) is 0 Å². The van der Waals surface area contributed by atoms with Gasteiger partial charge in [-0.15, -0.1) is 0 Å².